The third-order valence-corrected chi connectivity index (χ3v) is 5.47. The number of methoxy groups -OCH3 is 1. The quantitative estimate of drug-likeness (QED) is 0.362. The molecule has 31 heavy (non-hydrogen) atoms. The molecule has 5 N–H and O–H groups in total. The van der Waals surface area contributed by atoms with Gasteiger partial charge in [0.25, 0.3) is 5.91 Å². The normalized spacial score (nSPS) is 20.9. The summed E-state index contributed by atoms with van der Waals surface area (Å²) in [5, 5.41) is 36.2. The number of fused-ring (bicyclic) bond motifs is 1. The molecule has 0 aliphatic carbocycles. The molecule has 0 saturated heterocycles. The van der Waals surface area contributed by atoms with Gasteiger partial charge in [0.05, 0.1) is 0 Å². The molecule has 9 heteroatoms. The summed E-state index contributed by atoms with van der Waals surface area (Å²) >= 11 is 3.40. The lowest BCUT2D eigenvalue weighted by molar-refractivity contribution is -0.150. The van der Waals surface area contributed by atoms with Crippen LogP contribution in [0.1, 0.15) is 32.8 Å². The lowest BCUT2D eigenvalue weighted by Crippen LogP contribution is -2.55. The molecule has 0 bridgehead atoms. The van der Waals surface area contributed by atoms with E-state index in [-0.39, 0.29) is 11.3 Å². The van der Waals surface area contributed by atoms with Crippen molar-refractivity contribution >= 4 is 33.4 Å². The van der Waals surface area contributed by atoms with Crippen LogP contribution in [-0.2, 0) is 20.7 Å². The van der Waals surface area contributed by atoms with Crippen molar-refractivity contribution in [1.82, 2.24) is 5.32 Å². The van der Waals surface area contributed by atoms with Crippen molar-refractivity contribution in [3.63, 3.8) is 0 Å². The van der Waals surface area contributed by atoms with E-state index in [0.717, 1.165) is 10.0 Å². The fraction of sp³-hybridized carbons (Fsp3) is 0.545. The molecule has 0 radical (unpaired) electrons. The largest absolute Gasteiger partial charge is 0.387 e. The maximum Gasteiger partial charge on any atom is 0.252 e. The van der Waals surface area contributed by atoms with Gasteiger partial charge in [-0.3, -0.25) is 9.59 Å². The van der Waals surface area contributed by atoms with Gasteiger partial charge in [-0.25, -0.2) is 0 Å². The maximum atomic E-state index is 12.7. The summed E-state index contributed by atoms with van der Waals surface area (Å²) in [6, 6.07) is 4.67. The van der Waals surface area contributed by atoms with Gasteiger partial charge in [0, 0.05) is 17.3 Å². The van der Waals surface area contributed by atoms with Crippen molar-refractivity contribution in [3.8, 4) is 0 Å². The van der Waals surface area contributed by atoms with Crippen LogP contribution in [0.2, 0.25) is 0 Å². The Morgan fingerprint density at radius 1 is 1.29 bits per heavy atom. The first kappa shape index (κ1) is 25.5. The highest BCUT2D eigenvalue weighted by atomic mass is 79.9. The van der Waals surface area contributed by atoms with Gasteiger partial charge in [0.15, 0.2) is 6.10 Å². The van der Waals surface area contributed by atoms with Crippen LogP contribution < -0.4 is 10.6 Å². The Morgan fingerprint density at radius 3 is 2.58 bits per heavy atom. The molecule has 1 aliphatic heterocycles. The van der Waals surface area contributed by atoms with Crippen LogP contribution in [0.25, 0.3) is 0 Å². The van der Waals surface area contributed by atoms with Crippen LogP contribution >= 0.6 is 15.9 Å². The number of hydrogen-bond acceptors (Lipinski definition) is 6. The number of carbonyl (C=O) groups excluding carboxylic acids is 2. The van der Waals surface area contributed by atoms with E-state index in [0.29, 0.717) is 18.5 Å². The van der Waals surface area contributed by atoms with E-state index in [4.69, 9.17) is 4.74 Å². The number of aryl methyl sites for hydroxylation is 1. The predicted octanol–water partition coefficient (Wildman–Crippen LogP) is 1.52. The zero-order chi connectivity index (χ0) is 23.3. The van der Waals surface area contributed by atoms with Crippen molar-refractivity contribution in [2.45, 2.75) is 64.1 Å². The molecule has 0 spiro atoms. The lowest BCUT2D eigenvalue weighted by Gasteiger charge is -2.28. The number of allylic oxidation sites excluding steroid dienone is 1. The summed E-state index contributed by atoms with van der Waals surface area (Å²) in [4.78, 5) is 25.3. The minimum Gasteiger partial charge on any atom is -0.387 e. The minimum absolute atomic E-state index is 0.232. The molecule has 0 fully saturated rings. The van der Waals surface area contributed by atoms with Crippen molar-refractivity contribution in [1.29, 1.82) is 0 Å². The summed E-state index contributed by atoms with van der Waals surface area (Å²) in [7, 11) is 1.21. The number of carbonyl (C=O) groups is 2. The Hall–Kier alpha value is -1.78. The predicted molar refractivity (Wildman–Crippen MR) is 120 cm³/mol. The van der Waals surface area contributed by atoms with Crippen LogP contribution in [-0.4, -0.2) is 64.7 Å². The summed E-state index contributed by atoms with van der Waals surface area (Å²) < 4.78 is 5.97. The van der Waals surface area contributed by atoms with Crippen molar-refractivity contribution in [2.75, 3.05) is 12.4 Å². The summed E-state index contributed by atoms with van der Waals surface area (Å²) in [6.45, 7) is 5.75. The van der Waals surface area contributed by atoms with E-state index in [1.165, 1.54) is 13.2 Å². The highest BCUT2D eigenvalue weighted by molar-refractivity contribution is 9.10. The zero-order valence-electron chi connectivity index (χ0n) is 18.1. The standard InChI is InChI=1S/C22H31BrN2O6/c1-22(2,3)10-9-16(26)17(27)18(28)19(31-4)21(30)25-15-7-5-12-11-13(23)6-8-14(12)24-20(15)29/h6,8-11,15-19,26-28H,5,7H2,1-4H3,(H,24,29)(H,25,30)/b10-9+/t15-,16+,17-,18+,19+/m0/s1. The fourth-order valence-electron chi connectivity index (χ4n) is 3.22. The maximum absolute atomic E-state index is 12.7. The molecule has 1 heterocycles. The number of rotatable bonds is 7. The molecule has 172 valence electrons. The number of ether oxygens (including phenoxy) is 1. The molecule has 2 amide bonds. The monoisotopic (exact) mass is 498 g/mol. The van der Waals surface area contributed by atoms with Gasteiger partial charge in [0.1, 0.15) is 24.4 Å². The van der Waals surface area contributed by atoms with Crippen LogP contribution in [0.4, 0.5) is 5.69 Å². The van der Waals surface area contributed by atoms with Gasteiger partial charge in [-0.15, -0.1) is 0 Å². The van der Waals surface area contributed by atoms with Crippen molar-refractivity contribution in [3.05, 3.63) is 40.4 Å². The average molecular weight is 499 g/mol. The molecule has 2 rings (SSSR count). The third kappa shape index (κ3) is 7.11. The number of nitrogens with one attached hydrogen (secondary N) is 2. The Balaban J connectivity index is 2.05. The number of benzene rings is 1. The van der Waals surface area contributed by atoms with Gasteiger partial charge in [0.2, 0.25) is 5.91 Å². The second-order valence-corrected chi connectivity index (χ2v) is 9.66. The molecule has 8 nitrogen and oxygen atoms in total. The number of aliphatic hydroxyl groups is 3. The van der Waals surface area contributed by atoms with Crippen molar-refractivity contribution in [2.24, 2.45) is 5.41 Å². The molecule has 0 unspecified atom stereocenters. The first-order chi connectivity index (χ1) is 14.4. The Labute approximate surface area is 190 Å². The Bertz CT molecular complexity index is 823. The van der Waals surface area contributed by atoms with Crippen LogP contribution in [0.3, 0.4) is 0 Å². The molecule has 0 saturated carbocycles. The molecule has 1 aliphatic rings. The van der Waals surface area contributed by atoms with Crippen LogP contribution in [0, 0.1) is 5.41 Å². The zero-order valence-corrected chi connectivity index (χ0v) is 19.7. The van der Waals surface area contributed by atoms with Gasteiger partial charge < -0.3 is 30.7 Å². The van der Waals surface area contributed by atoms with Crippen LogP contribution in [0.15, 0.2) is 34.8 Å². The smallest absolute Gasteiger partial charge is 0.252 e. The Morgan fingerprint density at radius 2 is 1.97 bits per heavy atom. The second kappa shape index (κ2) is 10.7. The number of anilines is 1. The second-order valence-electron chi connectivity index (χ2n) is 8.74. The Kier molecular flexibility index (Phi) is 8.79. The average Bonchev–Trinajstić information content (AvgIpc) is 2.84. The van der Waals surface area contributed by atoms with E-state index in [1.54, 1.807) is 12.1 Å². The molecule has 5 atom stereocenters. The van der Waals surface area contributed by atoms with Gasteiger partial charge in [-0.1, -0.05) is 48.9 Å². The van der Waals surface area contributed by atoms with E-state index >= 15 is 0 Å². The summed E-state index contributed by atoms with van der Waals surface area (Å²) in [5.74, 6) is -1.14. The first-order valence-electron chi connectivity index (χ1n) is 10.1. The molecule has 1 aromatic carbocycles. The van der Waals surface area contributed by atoms with E-state index in [2.05, 4.69) is 26.6 Å². The van der Waals surface area contributed by atoms with E-state index in [1.807, 2.05) is 32.9 Å². The number of amides is 2. The number of hydrogen-bond donors (Lipinski definition) is 5. The summed E-state index contributed by atoms with van der Waals surface area (Å²) in [6.07, 6.45) is -2.25. The van der Waals surface area contributed by atoms with Gasteiger partial charge in [-0.05, 0) is 42.0 Å². The molecular formula is C22H31BrN2O6. The van der Waals surface area contributed by atoms with Crippen molar-refractivity contribution < 1.29 is 29.6 Å². The molecular weight excluding hydrogens is 468 g/mol. The van der Waals surface area contributed by atoms with E-state index < -0.39 is 36.4 Å². The number of aliphatic hydroxyl groups excluding tert-OH is 3. The fourth-order valence-corrected chi connectivity index (χ4v) is 3.63. The SMILES string of the molecule is CO[C@@H](C(=O)N[C@H]1CCc2cc(Br)ccc2NC1=O)[C@H](O)[C@@H](O)[C@H](O)/C=C/C(C)(C)C. The topological polar surface area (TPSA) is 128 Å². The highest BCUT2D eigenvalue weighted by Crippen LogP contribution is 2.26. The lowest BCUT2D eigenvalue weighted by atomic mass is 9.94. The highest BCUT2D eigenvalue weighted by Gasteiger charge is 2.37. The minimum atomic E-state index is -1.70. The van der Waals surface area contributed by atoms with Gasteiger partial charge in [-0.2, -0.15) is 0 Å². The molecule has 1 aromatic rings. The first-order valence-corrected chi connectivity index (χ1v) is 10.9. The number of halogens is 1. The van der Waals surface area contributed by atoms with E-state index in [9.17, 15) is 24.9 Å². The summed E-state index contributed by atoms with van der Waals surface area (Å²) in [5.41, 5.74) is 1.38. The van der Waals surface area contributed by atoms with Crippen LogP contribution in [0.5, 0.6) is 0 Å². The van der Waals surface area contributed by atoms with Gasteiger partial charge >= 0.3 is 0 Å². The third-order valence-electron chi connectivity index (χ3n) is 4.98. The molecule has 0 aromatic heterocycles.